The average molecular weight is 218 g/mol. The number of rotatable bonds is 3. The Bertz CT molecular complexity index is 234. The Kier molecular flexibility index (Phi) is 3.93. The van der Waals surface area contributed by atoms with Crippen LogP contribution in [0.1, 0.15) is 13.8 Å². The molecule has 0 unspecified atom stereocenters. The van der Waals surface area contributed by atoms with Crippen LogP contribution >= 0.6 is 0 Å². The van der Waals surface area contributed by atoms with Gasteiger partial charge in [0, 0.05) is 0 Å². The van der Waals surface area contributed by atoms with E-state index in [0.717, 1.165) is 11.0 Å². The molecule has 0 saturated heterocycles. The summed E-state index contributed by atoms with van der Waals surface area (Å²) >= 11 is 0. The molecule has 1 amide bonds. The number of ether oxygens (including phenoxy) is 1. The largest absolute Gasteiger partial charge is 0.516 e. The molecule has 0 aromatic carbocycles. The van der Waals surface area contributed by atoms with Crippen molar-refractivity contribution in [2.24, 2.45) is 0 Å². The van der Waals surface area contributed by atoms with Crippen LogP contribution in [0.4, 0.5) is 4.79 Å². The van der Waals surface area contributed by atoms with Crippen LogP contribution in [0.5, 0.6) is 0 Å². The molecule has 0 aliphatic carbocycles. The van der Waals surface area contributed by atoms with Gasteiger partial charge in [0.2, 0.25) is 0 Å². The van der Waals surface area contributed by atoms with Crippen LogP contribution < -0.4 is 0 Å². The van der Waals surface area contributed by atoms with E-state index in [1.807, 2.05) is 35.0 Å². The Labute approximate surface area is 93.6 Å². The van der Waals surface area contributed by atoms with Crippen molar-refractivity contribution in [1.82, 2.24) is 0 Å². The lowest BCUT2D eigenvalue weighted by atomic mass is 10.1. The van der Waals surface area contributed by atoms with E-state index in [1.54, 1.807) is 0 Å². The highest BCUT2D eigenvalue weighted by Crippen LogP contribution is 2.15. The summed E-state index contributed by atoms with van der Waals surface area (Å²) < 4.78 is 6.47. The number of hydrogen-bond donors (Lipinski definition) is 0. The summed E-state index contributed by atoms with van der Waals surface area (Å²) in [6.07, 6.45) is -0.201. The van der Waals surface area contributed by atoms with Crippen molar-refractivity contribution in [3.63, 3.8) is 0 Å². The van der Waals surface area contributed by atoms with Crippen LogP contribution in [-0.2, 0) is 4.74 Å². The average Bonchev–Trinajstić information content (AvgIpc) is 1.76. The fourth-order valence-electron chi connectivity index (χ4n) is 1.55. The second kappa shape index (κ2) is 4.10. The van der Waals surface area contributed by atoms with Crippen LogP contribution in [0.25, 0.3) is 0 Å². The molecule has 4 nitrogen and oxygen atoms in total. The third kappa shape index (κ3) is 6.47. The lowest BCUT2D eigenvalue weighted by molar-refractivity contribution is -0.877. The predicted molar refractivity (Wildman–Crippen MR) is 61.5 cm³/mol. The lowest BCUT2D eigenvalue weighted by Crippen LogP contribution is -2.52. The summed E-state index contributed by atoms with van der Waals surface area (Å²) in [6, 6.07) is 0. The minimum absolute atomic E-state index is 0.195. The van der Waals surface area contributed by atoms with E-state index in [1.165, 1.54) is 0 Å². The SMILES string of the molecule is CC(C)(C[N+](C)(C)C)OC(=O)[N+](C)(C)C. The Hall–Kier alpha value is -0.610. The first kappa shape index (κ1) is 14.4. The third-order valence-electron chi connectivity index (χ3n) is 1.77. The molecule has 0 radical (unpaired) electrons. The van der Waals surface area contributed by atoms with Crippen LogP contribution in [0, 0.1) is 0 Å². The summed E-state index contributed by atoms with van der Waals surface area (Å²) in [5, 5.41) is 0. The first-order valence-corrected chi connectivity index (χ1v) is 5.19. The third-order valence-corrected chi connectivity index (χ3v) is 1.77. The highest BCUT2D eigenvalue weighted by atomic mass is 16.6. The molecule has 0 bridgehead atoms. The smallest absolute Gasteiger partial charge is 0.408 e. The highest BCUT2D eigenvalue weighted by Gasteiger charge is 2.35. The van der Waals surface area contributed by atoms with Gasteiger partial charge in [-0.2, -0.15) is 4.79 Å². The molecule has 0 aliphatic rings. The summed E-state index contributed by atoms with van der Waals surface area (Å²) in [7, 11) is 11.7. The second-order valence-corrected chi connectivity index (χ2v) is 6.59. The van der Waals surface area contributed by atoms with Gasteiger partial charge in [0.1, 0.15) is 6.54 Å². The Morgan fingerprint density at radius 1 is 1.07 bits per heavy atom. The van der Waals surface area contributed by atoms with E-state index < -0.39 is 5.60 Å². The predicted octanol–water partition coefficient (Wildman–Crippen LogP) is 1.31. The number of likely N-dealkylation sites (N-methyl/N-ethyl adjacent to an activating group) is 1. The van der Waals surface area contributed by atoms with E-state index in [9.17, 15) is 4.79 Å². The molecule has 0 saturated carbocycles. The molecule has 4 heteroatoms. The van der Waals surface area contributed by atoms with Gasteiger partial charge in [-0.15, -0.1) is 0 Å². The van der Waals surface area contributed by atoms with Crippen molar-refractivity contribution in [2.75, 3.05) is 48.8 Å². The molecule has 0 atom stereocenters. The quantitative estimate of drug-likeness (QED) is 0.668. The summed E-state index contributed by atoms with van der Waals surface area (Å²) in [4.78, 5) is 11.7. The number of carbonyl (C=O) groups is 1. The molecule has 0 heterocycles. The van der Waals surface area contributed by atoms with Gasteiger partial charge < -0.3 is 9.22 Å². The lowest BCUT2D eigenvalue weighted by Gasteiger charge is -2.34. The zero-order valence-electron chi connectivity index (χ0n) is 11.4. The van der Waals surface area contributed by atoms with Crippen molar-refractivity contribution in [3.05, 3.63) is 0 Å². The molecule has 0 N–H and O–H groups in total. The van der Waals surface area contributed by atoms with Crippen LogP contribution in [-0.4, -0.2) is 69.5 Å². The molecular formula is C11H26N2O2+2. The Morgan fingerprint density at radius 3 is 1.73 bits per heavy atom. The van der Waals surface area contributed by atoms with Crippen LogP contribution in [0.3, 0.4) is 0 Å². The number of nitrogens with zero attached hydrogens (tertiary/aromatic N) is 2. The number of hydrogen-bond acceptors (Lipinski definition) is 2. The van der Waals surface area contributed by atoms with Crippen molar-refractivity contribution in [1.29, 1.82) is 0 Å². The minimum atomic E-state index is -0.430. The topological polar surface area (TPSA) is 26.3 Å². The van der Waals surface area contributed by atoms with E-state index >= 15 is 0 Å². The van der Waals surface area contributed by atoms with Gasteiger partial charge >= 0.3 is 6.09 Å². The first-order valence-electron chi connectivity index (χ1n) is 5.19. The molecular weight excluding hydrogens is 192 g/mol. The van der Waals surface area contributed by atoms with Gasteiger partial charge in [-0.3, -0.25) is 0 Å². The Morgan fingerprint density at radius 2 is 1.47 bits per heavy atom. The van der Waals surface area contributed by atoms with Gasteiger partial charge in [-0.1, -0.05) is 0 Å². The zero-order valence-corrected chi connectivity index (χ0v) is 11.4. The van der Waals surface area contributed by atoms with Gasteiger partial charge in [-0.25, -0.2) is 4.48 Å². The standard InChI is InChI=1S/C11H26N2O2/c1-11(2,9-12(3,4)5)15-10(14)13(6,7)8/h9H2,1-8H3/q+2. The number of quaternary nitrogens is 2. The van der Waals surface area contributed by atoms with Crippen molar-refractivity contribution in [2.45, 2.75) is 19.4 Å². The maximum absolute atomic E-state index is 11.7. The van der Waals surface area contributed by atoms with Crippen molar-refractivity contribution >= 4 is 6.09 Å². The monoisotopic (exact) mass is 218 g/mol. The molecule has 0 rings (SSSR count). The highest BCUT2D eigenvalue weighted by molar-refractivity contribution is 5.59. The van der Waals surface area contributed by atoms with Crippen LogP contribution in [0.2, 0.25) is 0 Å². The molecule has 90 valence electrons. The van der Waals surface area contributed by atoms with Gasteiger partial charge in [0.05, 0.1) is 42.3 Å². The summed E-state index contributed by atoms with van der Waals surface area (Å²) in [5.74, 6) is 0. The molecule has 0 aliphatic heterocycles. The zero-order chi connectivity index (χ0) is 12.5. The van der Waals surface area contributed by atoms with Crippen molar-refractivity contribution < 1.29 is 18.5 Å². The van der Waals surface area contributed by atoms with E-state index in [0.29, 0.717) is 0 Å². The van der Waals surface area contributed by atoms with Gasteiger partial charge in [0.25, 0.3) is 0 Å². The minimum Gasteiger partial charge on any atom is -0.408 e. The molecule has 15 heavy (non-hydrogen) atoms. The fraction of sp³-hybridized carbons (Fsp3) is 0.909. The maximum Gasteiger partial charge on any atom is 0.516 e. The number of carbonyl (C=O) groups excluding carboxylic acids is 1. The first-order chi connectivity index (χ1) is 6.33. The van der Waals surface area contributed by atoms with E-state index in [2.05, 4.69) is 21.1 Å². The summed E-state index contributed by atoms with van der Waals surface area (Å²) in [6.45, 7) is 4.69. The maximum atomic E-state index is 11.7. The van der Waals surface area contributed by atoms with Gasteiger partial charge in [-0.05, 0) is 13.8 Å². The van der Waals surface area contributed by atoms with E-state index in [-0.39, 0.29) is 10.6 Å². The molecule has 0 spiro atoms. The summed E-state index contributed by atoms with van der Waals surface area (Å²) in [5.41, 5.74) is -0.430. The van der Waals surface area contributed by atoms with Gasteiger partial charge in [0.15, 0.2) is 5.60 Å². The Balaban J connectivity index is 4.46. The molecule has 0 fully saturated rings. The fourth-order valence-corrected chi connectivity index (χ4v) is 1.55. The number of amides is 1. The molecule has 0 aromatic rings. The normalized spacial score (nSPS) is 13.9. The van der Waals surface area contributed by atoms with E-state index in [4.69, 9.17) is 4.74 Å². The molecule has 0 aromatic heterocycles. The second-order valence-electron chi connectivity index (χ2n) is 6.59. The van der Waals surface area contributed by atoms with Crippen LogP contribution in [0.15, 0.2) is 0 Å². The van der Waals surface area contributed by atoms with Crippen molar-refractivity contribution in [3.8, 4) is 0 Å².